The molecule has 0 saturated carbocycles. The van der Waals surface area contributed by atoms with Crippen LogP contribution in [0.25, 0.3) is 0 Å². The molecule has 5 heteroatoms. The van der Waals surface area contributed by atoms with E-state index in [0.717, 1.165) is 6.42 Å². The Balaban J connectivity index is 3.76. The second-order valence-corrected chi connectivity index (χ2v) is 4.31. The Bertz CT molecular complexity index is 245. The van der Waals surface area contributed by atoms with Gasteiger partial charge in [0.15, 0.2) is 0 Å². The lowest BCUT2D eigenvalue weighted by Gasteiger charge is -2.24. The van der Waals surface area contributed by atoms with Crippen molar-refractivity contribution in [3.63, 3.8) is 0 Å². The Morgan fingerprint density at radius 3 is 2.29 bits per heavy atom. The topological polar surface area (TPSA) is 72.8 Å². The van der Waals surface area contributed by atoms with E-state index in [1.165, 1.54) is 0 Å². The number of aliphatic hydroxyl groups excluding tert-OH is 1. The minimum atomic E-state index is -0.415. The van der Waals surface area contributed by atoms with Crippen molar-refractivity contribution in [1.82, 2.24) is 0 Å². The number of carbonyl (C=O) groups excluding carboxylic acids is 2. The molecule has 5 nitrogen and oxygen atoms in total. The fraction of sp³-hybridized carbons (Fsp3) is 0.833. The van der Waals surface area contributed by atoms with Gasteiger partial charge in [-0.25, -0.2) is 0 Å². The summed E-state index contributed by atoms with van der Waals surface area (Å²) in [6.07, 6.45) is 1.08. The summed E-state index contributed by atoms with van der Waals surface area (Å²) in [6.45, 7) is 5.66. The van der Waals surface area contributed by atoms with Gasteiger partial charge in [0, 0.05) is 11.8 Å². The van der Waals surface area contributed by atoms with Crippen molar-refractivity contribution in [3.8, 4) is 0 Å². The van der Waals surface area contributed by atoms with Gasteiger partial charge in [0.1, 0.15) is 6.61 Å². The van der Waals surface area contributed by atoms with Crippen molar-refractivity contribution >= 4 is 11.9 Å². The SMILES string of the molecule is CCC(=O)OCCC(=O)OCC(C)(CC)CO. The van der Waals surface area contributed by atoms with Crippen LogP contribution in [-0.2, 0) is 19.1 Å². The molecule has 1 atom stereocenters. The summed E-state index contributed by atoms with van der Waals surface area (Å²) in [5.41, 5.74) is -0.393. The first-order valence-electron chi connectivity index (χ1n) is 5.89. The van der Waals surface area contributed by atoms with Crippen LogP contribution >= 0.6 is 0 Å². The molecule has 0 aromatic carbocycles. The molecule has 100 valence electrons. The van der Waals surface area contributed by atoms with Crippen LogP contribution in [0, 0.1) is 5.41 Å². The molecule has 0 aliphatic heterocycles. The van der Waals surface area contributed by atoms with Crippen molar-refractivity contribution in [2.45, 2.75) is 40.0 Å². The van der Waals surface area contributed by atoms with E-state index in [2.05, 4.69) is 0 Å². The highest BCUT2D eigenvalue weighted by molar-refractivity contribution is 5.71. The zero-order valence-electron chi connectivity index (χ0n) is 10.8. The van der Waals surface area contributed by atoms with Gasteiger partial charge in [-0.15, -0.1) is 0 Å². The Kier molecular flexibility index (Phi) is 7.54. The predicted octanol–water partition coefficient (Wildman–Crippen LogP) is 1.28. The highest BCUT2D eigenvalue weighted by Crippen LogP contribution is 2.20. The molecule has 0 bridgehead atoms. The summed E-state index contributed by atoms with van der Waals surface area (Å²) in [5, 5.41) is 9.12. The molecule has 0 aliphatic carbocycles. The molecule has 0 heterocycles. The second kappa shape index (κ2) is 8.06. The summed E-state index contributed by atoms with van der Waals surface area (Å²) < 4.78 is 9.77. The number of hydrogen-bond donors (Lipinski definition) is 1. The summed E-state index contributed by atoms with van der Waals surface area (Å²) in [7, 11) is 0. The number of ether oxygens (including phenoxy) is 2. The number of rotatable bonds is 8. The smallest absolute Gasteiger partial charge is 0.309 e. The molecule has 17 heavy (non-hydrogen) atoms. The summed E-state index contributed by atoms with van der Waals surface area (Å²) >= 11 is 0. The first-order chi connectivity index (χ1) is 7.97. The molecule has 1 N–H and O–H groups in total. The zero-order valence-corrected chi connectivity index (χ0v) is 10.8. The Hall–Kier alpha value is -1.10. The van der Waals surface area contributed by atoms with E-state index in [-0.39, 0.29) is 32.2 Å². The van der Waals surface area contributed by atoms with E-state index in [1.54, 1.807) is 6.92 Å². The van der Waals surface area contributed by atoms with Gasteiger partial charge in [-0.3, -0.25) is 9.59 Å². The van der Waals surface area contributed by atoms with Crippen LogP contribution in [0.5, 0.6) is 0 Å². The third-order valence-corrected chi connectivity index (χ3v) is 2.67. The van der Waals surface area contributed by atoms with Crippen molar-refractivity contribution in [2.24, 2.45) is 5.41 Å². The van der Waals surface area contributed by atoms with Crippen molar-refractivity contribution < 1.29 is 24.2 Å². The van der Waals surface area contributed by atoms with Crippen LogP contribution < -0.4 is 0 Å². The van der Waals surface area contributed by atoms with Gasteiger partial charge in [0.05, 0.1) is 19.6 Å². The largest absolute Gasteiger partial charge is 0.465 e. The summed E-state index contributed by atoms with van der Waals surface area (Å²) in [6, 6.07) is 0. The molecular formula is C12H22O5. The van der Waals surface area contributed by atoms with E-state index in [1.807, 2.05) is 13.8 Å². The molecule has 0 aromatic heterocycles. The van der Waals surface area contributed by atoms with E-state index >= 15 is 0 Å². The lowest BCUT2D eigenvalue weighted by atomic mass is 9.90. The van der Waals surface area contributed by atoms with E-state index in [9.17, 15) is 9.59 Å². The molecule has 1 unspecified atom stereocenters. The second-order valence-electron chi connectivity index (χ2n) is 4.31. The van der Waals surface area contributed by atoms with Crippen LogP contribution in [0.3, 0.4) is 0 Å². The van der Waals surface area contributed by atoms with Crippen LogP contribution in [0.4, 0.5) is 0 Å². The highest BCUT2D eigenvalue weighted by atomic mass is 16.5. The molecular weight excluding hydrogens is 224 g/mol. The summed E-state index contributed by atoms with van der Waals surface area (Å²) in [4.78, 5) is 22.1. The molecule has 0 saturated heterocycles. The first kappa shape index (κ1) is 15.9. The van der Waals surface area contributed by atoms with Crippen LogP contribution in [-0.4, -0.2) is 36.9 Å². The lowest BCUT2D eigenvalue weighted by Crippen LogP contribution is -2.28. The van der Waals surface area contributed by atoms with Crippen molar-refractivity contribution in [2.75, 3.05) is 19.8 Å². The van der Waals surface area contributed by atoms with Crippen LogP contribution in [0.15, 0.2) is 0 Å². The minimum Gasteiger partial charge on any atom is -0.465 e. The average molecular weight is 246 g/mol. The maximum atomic E-state index is 11.3. The van der Waals surface area contributed by atoms with E-state index in [0.29, 0.717) is 6.42 Å². The Morgan fingerprint density at radius 1 is 1.18 bits per heavy atom. The Labute approximate surface area is 102 Å². The molecule has 0 aliphatic rings. The Morgan fingerprint density at radius 2 is 1.82 bits per heavy atom. The summed E-state index contributed by atoms with van der Waals surface area (Å²) in [5.74, 6) is -0.742. The quantitative estimate of drug-likeness (QED) is 0.653. The molecule has 0 rings (SSSR count). The standard InChI is InChI=1S/C12H22O5/c1-4-10(14)16-7-6-11(15)17-9-12(3,5-2)8-13/h13H,4-9H2,1-3H3. The highest BCUT2D eigenvalue weighted by Gasteiger charge is 2.23. The zero-order chi connectivity index (χ0) is 13.3. The molecule has 0 fully saturated rings. The molecule has 0 aromatic rings. The lowest BCUT2D eigenvalue weighted by molar-refractivity contribution is -0.151. The number of esters is 2. The van der Waals surface area contributed by atoms with E-state index < -0.39 is 11.4 Å². The molecule has 0 spiro atoms. The fourth-order valence-electron chi connectivity index (χ4n) is 0.937. The third kappa shape index (κ3) is 6.94. The van der Waals surface area contributed by atoms with Crippen molar-refractivity contribution in [3.05, 3.63) is 0 Å². The van der Waals surface area contributed by atoms with E-state index in [4.69, 9.17) is 14.6 Å². The molecule has 0 amide bonds. The monoisotopic (exact) mass is 246 g/mol. The maximum Gasteiger partial charge on any atom is 0.309 e. The van der Waals surface area contributed by atoms with Gasteiger partial charge >= 0.3 is 11.9 Å². The van der Waals surface area contributed by atoms with Gasteiger partial charge in [0.2, 0.25) is 0 Å². The van der Waals surface area contributed by atoms with Gasteiger partial charge in [-0.2, -0.15) is 0 Å². The van der Waals surface area contributed by atoms with Gasteiger partial charge in [0.25, 0.3) is 0 Å². The maximum absolute atomic E-state index is 11.3. The average Bonchev–Trinajstić information content (AvgIpc) is 2.35. The molecule has 0 radical (unpaired) electrons. The number of aliphatic hydroxyl groups is 1. The normalized spacial score (nSPS) is 13.9. The first-order valence-corrected chi connectivity index (χ1v) is 5.89. The fourth-order valence-corrected chi connectivity index (χ4v) is 0.937. The number of hydrogen-bond acceptors (Lipinski definition) is 5. The van der Waals surface area contributed by atoms with Gasteiger partial charge in [-0.1, -0.05) is 20.8 Å². The van der Waals surface area contributed by atoms with Gasteiger partial charge in [-0.05, 0) is 6.42 Å². The minimum absolute atomic E-state index is 0.0262. The predicted molar refractivity (Wildman–Crippen MR) is 62.3 cm³/mol. The number of carbonyl (C=O) groups is 2. The van der Waals surface area contributed by atoms with Gasteiger partial charge < -0.3 is 14.6 Å². The third-order valence-electron chi connectivity index (χ3n) is 2.67. The van der Waals surface area contributed by atoms with Crippen molar-refractivity contribution in [1.29, 1.82) is 0 Å². The van der Waals surface area contributed by atoms with Crippen LogP contribution in [0.2, 0.25) is 0 Å². The van der Waals surface area contributed by atoms with Crippen LogP contribution in [0.1, 0.15) is 40.0 Å².